The van der Waals surface area contributed by atoms with Crippen molar-refractivity contribution in [3.63, 3.8) is 0 Å². The van der Waals surface area contributed by atoms with E-state index in [4.69, 9.17) is 19.4 Å². The molecule has 0 aliphatic heterocycles. The molecule has 6 aromatic rings. The molecule has 1 aliphatic carbocycles. The maximum atomic E-state index is 6.22. The van der Waals surface area contributed by atoms with Crippen molar-refractivity contribution in [1.29, 1.82) is 0 Å². The van der Waals surface area contributed by atoms with E-state index in [1.165, 1.54) is 5.22 Å². The zero-order valence-electron chi connectivity index (χ0n) is 20.1. The Labute approximate surface area is 214 Å². The first-order chi connectivity index (χ1) is 18.3. The minimum absolute atomic E-state index is 0.646. The zero-order valence-corrected chi connectivity index (χ0v) is 20.1. The van der Waals surface area contributed by atoms with Crippen LogP contribution in [0.25, 0.3) is 68.4 Å². The van der Waals surface area contributed by atoms with Gasteiger partial charge < -0.3 is 4.42 Å². The molecule has 0 fully saturated rings. The number of furan rings is 1. The molecule has 2 heterocycles. The molecule has 0 amide bonds. The number of aromatic nitrogens is 3. The van der Waals surface area contributed by atoms with E-state index in [9.17, 15) is 0 Å². The number of hydrogen-bond acceptors (Lipinski definition) is 4. The second-order valence-corrected chi connectivity index (χ2v) is 9.13. The lowest BCUT2D eigenvalue weighted by atomic mass is 9.95. The Morgan fingerprint density at radius 3 is 1.76 bits per heavy atom. The number of fused-ring (bicyclic) bond motifs is 3. The second-order valence-electron chi connectivity index (χ2n) is 9.13. The van der Waals surface area contributed by atoms with E-state index in [0.29, 0.717) is 17.5 Å². The number of rotatable bonds is 4. The van der Waals surface area contributed by atoms with Gasteiger partial charge in [0.1, 0.15) is 11.0 Å². The van der Waals surface area contributed by atoms with Crippen molar-refractivity contribution in [3.05, 3.63) is 114 Å². The first kappa shape index (κ1) is 21.5. The summed E-state index contributed by atoms with van der Waals surface area (Å²) in [5.41, 5.74) is 6.92. The molecule has 0 saturated heterocycles. The lowest BCUT2D eigenvalue weighted by molar-refractivity contribution is 0.572. The normalized spacial score (nSPS) is 12.5. The van der Waals surface area contributed by atoms with Crippen LogP contribution in [-0.2, 0) is 0 Å². The summed E-state index contributed by atoms with van der Waals surface area (Å²) in [7, 11) is 0. The van der Waals surface area contributed by atoms with Gasteiger partial charge in [-0.1, -0.05) is 103 Å². The van der Waals surface area contributed by atoms with Crippen molar-refractivity contribution in [2.24, 2.45) is 0 Å². The molecule has 0 N–H and O–H groups in total. The van der Waals surface area contributed by atoms with Crippen molar-refractivity contribution >= 4 is 23.1 Å². The molecule has 0 saturated carbocycles. The van der Waals surface area contributed by atoms with Crippen molar-refractivity contribution in [3.8, 4) is 45.3 Å². The van der Waals surface area contributed by atoms with Gasteiger partial charge in [0, 0.05) is 27.3 Å². The summed E-state index contributed by atoms with van der Waals surface area (Å²) in [5.74, 6) is 1.95. The average Bonchev–Trinajstić information content (AvgIpc) is 3.37. The van der Waals surface area contributed by atoms with Crippen LogP contribution < -0.4 is 10.6 Å². The van der Waals surface area contributed by atoms with Gasteiger partial charge in [-0.25, -0.2) is 15.0 Å². The highest BCUT2D eigenvalue weighted by Gasteiger charge is 2.18. The summed E-state index contributed by atoms with van der Waals surface area (Å²) >= 11 is 0. The molecule has 4 aromatic carbocycles. The number of hydrogen-bond donors (Lipinski definition) is 0. The molecule has 2 aromatic heterocycles. The largest absolute Gasteiger partial charge is 0.456 e. The first-order valence-electron chi connectivity index (χ1n) is 12.5. The van der Waals surface area contributed by atoms with E-state index in [-0.39, 0.29) is 0 Å². The molecule has 1 aliphatic rings. The predicted octanol–water partition coefficient (Wildman–Crippen LogP) is 6.64. The smallest absolute Gasteiger partial charge is 0.164 e. The number of nitrogens with zero attached hydrogens (tertiary/aromatic N) is 3. The average molecular weight is 478 g/mol. The van der Waals surface area contributed by atoms with E-state index < -0.39 is 0 Å². The summed E-state index contributed by atoms with van der Waals surface area (Å²) in [6.45, 7) is 0. The summed E-state index contributed by atoms with van der Waals surface area (Å²) < 4.78 is 6.22. The van der Waals surface area contributed by atoms with Gasteiger partial charge in [0.2, 0.25) is 0 Å². The van der Waals surface area contributed by atoms with Gasteiger partial charge in [0.05, 0.1) is 0 Å². The van der Waals surface area contributed by atoms with Crippen molar-refractivity contribution in [2.75, 3.05) is 0 Å². The van der Waals surface area contributed by atoms with Gasteiger partial charge in [-0.3, -0.25) is 0 Å². The van der Waals surface area contributed by atoms with Gasteiger partial charge in [0.25, 0.3) is 0 Å². The molecule has 4 nitrogen and oxygen atoms in total. The Kier molecular flexibility index (Phi) is 5.21. The molecule has 0 atom stereocenters. The maximum Gasteiger partial charge on any atom is 0.164 e. The molecule has 4 heteroatoms. The van der Waals surface area contributed by atoms with Crippen LogP contribution in [0.2, 0.25) is 0 Å². The van der Waals surface area contributed by atoms with Crippen molar-refractivity contribution in [1.82, 2.24) is 15.0 Å². The van der Waals surface area contributed by atoms with Gasteiger partial charge in [-0.05, 0) is 36.1 Å². The van der Waals surface area contributed by atoms with Gasteiger partial charge in [-0.2, -0.15) is 0 Å². The number of benzene rings is 4. The monoisotopic (exact) mass is 477 g/mol. The quantitative estimate of drug-likeness (QED) is 0.286. The lowest BCUT2D eigenvalue weighted by Gasteiger charge is -2.12. The van der Waals surface area contributed by atoms with Crippen LogP contribution in [0.15, 0.2) is 108 Å². The summed E-state index contributed by atoms with van der Waals surface area (Å²) in [6.07, 6.45) is 6.51. The highest BCUT2D eigenvalue weighted by Crippen LogP contribution is 2.35. The van der Waals surface area contributed by atoms with E-state index in [1.54, 1.807) is 0 Å². The zero-order chi connectivity index (χ0) is 24.6. The van der Waals surface area contributed by atoms with E-state index in [0.717, 1.165) is 57.0 Å². The third-order valence-electron chi connectivity index (χ3n) is 6.78. The molecule has 0 unspecified atom stereocenters. The van der Waals surface area contributed by atoms with Crippen molar-refractivity contribution in [2.45, 2.75) is 12.8 Å². The minimum Gasteiger partial charge on any atom is -0.456 e. The van der Waals surface area contributed by atoms with Gasteiger partial charge in [0.15, 0.2) is 17.5 Å². The van der Waals surface area contributed by atoms with Crippen LogP contribution in [0, 0.1) is 0 Å². The Hall–Kier alpha value is -4.83. The third-order valence-corrected chi connectivity index (χ3v) is 6.78. The molecule has 0 spiro atoms. The molecule has 37 heavy (non-hydrogen) atoms. The highest BCUT2D eigenvalue weighted by atomic mass is 16.3. The molecule has 0 radical (unpaired) electrons. The fourth-order valence-corrected chi connectivity index (χ4v) is 5.05. The molecule has 176 valence electrons. The van der Waals surface area contributed by atoms with Crippen LogP contribution >= 0.6 is 0 Å². The lowest BCUT2D eigenvalue weighted by Crippen LogP contribution is -2.22. The minimum atomic E-state index is 0.646. The SMILES string of the molecule is C1=c2oc3cccc(-c4ccccc4-c4nc(-c5ccccc5)nc(-c5ccccc5)n4)c3c2=CCC1. The Bertz CT molecular complexity index is 1820. The van der Waals surface area contributed by atoms with E-state index >= 15 is 0 Å². The standard InChI is InChI=1S/C33H23N3O/c1-3-12-22(13-4-1)31-34-32(23-14-5-2-6-15-23)36-33(35-31)26-17-8-7-16-24(26)25-19-11-21-29-30(25)27-18-9-10-20-28(27)37-29/h1-8,11-21H,9-10H2. The topological polar surface area (TPSA) is 51.8 Å². The second kappa shape index (κ2) is 8.99. The third kappa shape index (κ3) is 3.83. The van der Waals surface area contributed by atoms with Crippen LogP contribution in [0.3, 0.4) is 0 Å². The first-order valence-corrected chi connectivity index (χ1v) is 12.5. The Morgan fingerprint density at radius 2 is 1.05 bits per heavy atom. The maximum absolute atomic E-state index is 6.22. The Morgan fingerprint density at radius 1 is 0.486 bits per heavy atom. The molecular formula is C33H23N3O. The fourth-order valence-electron chi connectivity index (χ4n) is 5.05. The molecule has 0 bridgehead atoms. The summed E-state index contributed by atoms with van der Waals surface area (Å²) in [6, 6.07) is 34.8. The summed E-state index contributed by atoms with van der Waals surface area (Å²) in [4.78, 5) is 14.8. The van der Waals surface area contributed by atoms with Gasteiger partial charge >= 0.3 is 0 Å². The van der Waals surface area contributed by atoms with E-state index in [2.05, 4.69) is 42.5 Å². The van der Waals surface area contributed by atoms with Crippen molar-refractivity contribution < 1.29 is 4.42 Å². The summed E-state index contributed by atoms with van der Waals surface area (Å²) in [5, 5.41) is 2.32. The fraction of sp³-hybridized carbons (Fsp3) is 0.0606. The van der Waals surface area contributed by atoms with Gasteiger partial charge in [-0.15, -0.1) is 0 Å². The molecule has 7 rings (SSSR count). The van der Waals surface area contributed by atoms with Crippen LogP contribution in [0.1, 0.15) is 12.8 Å². The molecular weight excluding hydrogens is 454 g/mol. The van der Waals surface area contributed by atoms with Crippen LogP contribution in [-0.4, -0.2) is 15.0 Å². The van der Waals surface area contributed by atoms with Crippen LogP contribution in [0.5, 0.6) is 0 Å². The van der Waals surface area contributed by atoms with Crippen LogP contribution in [0.4, 0.5) is 0 Å². The predicted molar refractivity (Wildman–Crippen MR) is 149 cm³/mol. The highest BCUT2D eigenvalue weighted by molar-refractivity contribution is 5.98. The van der Waals surface area contributed by atoms with E-state index in [1.807, 2.05) is 72.8 Å². The Balaban J connectivity index is 1.49.